The fourth-order valence-electron chi connectivity index (χ4n) is 1.90. The molecule has 0 aliphatic carbocycles. The summed E-state index contributed by atoms with van der Waals surface area (Å²) >= 11 is 0. The number of hydrogen-bond acceptors (Lipinski definition) is 4. The van der Waals surface area contributed by atoms with Crippen LogP contribution in [-0.4, -0.2) is 28.6 Å². The Morgan fingerprint density at radius 3 is 2.52 bits per heavy atom. The van der Waals surface area contributed by atoms with Crippen molar-refractivity contribution < 1.29 is 19.4 Å². The molecule has 3 atom stereocenters. The van der Waals surface area contributed by atoms with E-state index >= 15 is 0 Å². The molecule has 21 heavy (non-hydrogen) atoms. The van der Waals surface area contributed by atoms with E-state index in [2.05, 4.69) is 0 Å². The summed E-state index contributed by atoms with van der Waals surface area (Å²) < 4.78 is 5.30. The van der Waals surface area contributed by atoms with Gasteiger partial charge in [-0.1, -0.05) is 13.0 Å². The maximum Gasteiger partial charge on any atom is 0.330 e. The van der Waals surface area contributed by atoms with Gasteiger partial charge in [0.1, 0.15) is 6.10 Å². The molecule has 1 aliphatic rings. The number of esters is 1. The Kier molecular flexibility index (Phi) is 6.09. The van der Waals surface area contributed by atoms with Gasteiger partial charge in [0.15, 0.2) is 5.78 Å². The van der Waals surface area contributed by atoms with E-state index in [1.807, 2.05) is 19.9 Å². The fraction of sp³-hybridized carbons (Fsp3) is 0.529. The number of rotatable bonds is 0. The number of ether oxygens (including phenoxy) is 1. The van der Waals surface area contributed by atoms with Crippen molar-refractivity contribution in [3.05, 3.63) is 36.0 Å². The lowest BCUT2D eigenvalue weighted by molar-refractivity contribution is -0.144. The molecule has 0 saturated heterocycles. The van der Waals surface area contributed by atoms with Crippen molar-refractivity contribution in [1.29, 1.82) is 0 Å². The summed E-state index contributed by atoms with van der Waals surface area (Å²) in [6.45, 7) is 7.12. The van der Waals surface area contributed by atoms with Crippen molar-refractivity contribution in [3.63, 3.8) is 0 Å². The molecule has 1 aliphatic heterocycles. The Morgan fingerprint density at radius 1 is 1.24 bits per heavy atom. The van der Waals surface area contributed by atoms with Crippen LogP contribution in [0.4, 0.5) is 0 Å². The minimum Gasteiger partial charge on any atom is -0.459 e. The van der Waals surface area contributed by atoms with E-state index in [0.29, 0.717) is 5.57 Å². The summed E-state index contributed by atoms with van der Waals surface area (Å²) in [5.41, 5.74) is -0.714. The number of carbonyl (C=O) groups is 2. The topological polar surface area (TPSA) is 63.6 Å². The van der Waals surface area contributed by atoms with Gasteiger partial charge in [0.2, 0.25) is 0 Å². The van der Waals surface area contributed by atoms with Gasteiger partial charge in [0.05, 0.1) is 5.60 Å². The lowest BCUT2D eigenvalue weighted by Crippen LogP contribution is -2.23. The highest BCUT2D eigenvalue weighted by Crippen LogP contribution is 2.17. The average Bonchev–Trinajstić information content (AvgIpc) is 2.41. The predicted molar refractivity (Wildman–Crippen MR) is 81.6 cm³/mol. The second-order valence-corrected chi connectivity index (χ2v) is 5.84. The Hall–Kier alpha value is -1.68. The molecule has 0 amide bonds. The van der Waals surface area contributed by atoms with Gasteiger partial charge in [-0.3, -0.25) is 4.79 Å². The second kappa shape index (κ2) is 7.36. The maximum atomic E-state index is 11.9. The first-order valence-electron chi connectivity index (χ1n) is 7.24. The van der Waals surface area contributed by atoms with Crippen LogP contribution in [0.3, 0.4) is 0 Å². The fourth-order valence-corrected chi connectivity index (χ4v) is 1.90. The maximum absolute atomic E-state index is 11.9. The number of allylic oxidation sites excluding steroid dienone is 3. The van der Waals surface area contributed by atoms with Crippen LogP contribution in [0.1, 0.15) is 40.5 Å². The number of cyclic esters (lactones) is 1. The van der Waals surface area contributed by atoms with Crippen LogP contribution in [0.15, 0.2) is 36.0 Å². The van der Waals surface area contributed by atoms with E-state index in [0.717, 1.165) is 12.8 Å². The van der Waals surface area contributed by atoms with Gasteiger partial charge in [-0.05, 0) is 63.3 Å². The van der Waals surface area contributed by atoms with E-state index in [4.69, 9.17) is 4.74 Å². The first kappa shape index (κ1) is 17.4. The highest BCUT2D eigenvalue weighted by Gasteiger charge is 2.18. The first-order valence-corrected chi connectivity index (χ1v) is 7.24. The molecule has 0 spiro atoms. The zero-order valence-electron chi connectivity index (χ0n) is 13.1. The van der Waals surface area contributed by atoms with Crippen LogP contribution in [0.5, 0.6) is 0 Å². The largest absolute Gasteiger partial charge is 0.459 e. The van der Waals surface area contributed by atoms with Gasteiger partial charge >= 0.3 is 5.97 Å². The third kappa shape index (κ3) is 6.08. The van der Waals surface area contributed by atoms with Crippen molar-refractivity contribution in [2.45, 2.75) is 52.2 Å². The molecule has 0 aromatic carbocycles. The minimum atomic E-state index is -1.37. The lowest BCUT2D eigenvalue weighted by atomic mass is 9.98. The van der Waals surface area contributed by atoms with E-state index in [1.54, 1.807) is 6.92 Å². The van der Waals surface area contributed by atoms with Crippen LogP contribution in [0, 0.1) is 5.92 Å². The predicted octanol–water partition coefficient (Wildman–Crippen LogP) is 2.73. The van der Waals surface area contributed by atoms with Crippen LogP contribution in [-0.2, 0) is 14.3 Å². The average molecular weight is 292 g/mol. The Morgan fingerprint density at radius 2 is 1.86 bits per heavy atom. The van der Waals surface area contributed by atoms with Gasteiger partial charge in [-0.15, -0.1) is 0 Å². The molecule has 1 heterocycles. The molecular weight excluding hydrogens is 268 g/mol. The molecule has 0 radical (unpaired) electrons. The molecule has 0 saturated carbocycles. The standard InChI is InChI=1S/C17H24O4/c1-12-6-5-7-13(2)15(18)8-10-17(4,20)11-9-16(19)21-14(12)3/h7-12,14,20H,5-6H2,1-4H3. The molecule has 1 rings (SSSR count). The van der Waals surface area contributed by atoms with Crippen molar-refractivity contribution in [3.8, 4) is 0 Å². The Balaban J connectivity index is 3.01. The molecule has 4 heteroatoms. The molecule has 3 unspecified atom stereocenters. The van der Waals surface area contributed by atoms with Crippen molar-refractivity contribution in [1.82, 2.24) is 0 Å². The summed E-state index contributed by atoms with van der Waals surface area (Å²) in [5, 5.41) is 10.1. The van der Waals surface area contributed by atoms with Gasteiger partial charge in [0, 0.05) is 6.08 Å². The van der Waals surface area contributed by atoms with Crippen molar-refractivity contribution >= 4 is 11.8 Å². The first-order chi connectivity index (χ1) is 9.71. The van der Waals surface area contributed by atoms with Gasteiger partial charge in [0.25, 0.3) is 0 Å². The van der Waals surface area contributed by atoms with Gasteiger partial charge in [-0.25, -0.2) is 4.79 Å². The van der Waals surface area contributed by atoms with E-state index < -0.39 is 11.6 Å². The van der Waals surface area contributed by atoms with E-state index in [1.165, 1.54) is 31.2 Å². The van der Waals surface area contributed by atoms with E-state index in [-0.39, 0.29) is 17.8 Å². The molecule has 0 fully saturated rings. The normalized spacial score (nSPS) is 32.3. The summed E-state index contributed by atoms with van der Waals surface area (Å²) in [6.07, 6.45) is 8.48. The third-order valence-corrected chi connectivity index (χ3v) is 3.69. The number of aliphatic hydroxyl groups is 1. The smallest absolute Gasteiger partial charge is 0.330 e. The highest BCUT2D eigenvalue weighted by atomic mass is 16.5. The number of carbonyl (C=O) groups excluding carboxylic acids is 2. The van der Waals surface area contributed by atoms with Crippen LogP contribution >= 0.6 is 0 Å². The quantitative estimate of drug-likeness (QED) is 0.697. The minimum absolute atomic E-state index is 0.135. The van der Waals surface area contributed by atoms with Crippen molar-refractivity contribution in [2.75, 3.05) is 0 Å². The summed E-state index contributed by atoms with van der Waals surface area (Å²) in [6, 6.07) is 0. The second-order valence-electron chi connectivity index (χ2n) is 5.84. The zero-order valence-corrected chi connectivity index (χ0v) is 13.1. The molecule has 0 aromatic heterocycles. The molecule has 0 aromatic rings. The van der Waals surface area contributed by atoms with Crippen molar-refractivity contribution in [2.24, 2.45) is 5.92 Å². The van der Waals surface area contributed by atoms with Crippen LogP contribution < -0.4 is 0 Å². The van der Waals surface area contributed by atoms with Gasteiger partial charge in [-0.2, -0.15) is 0 Å². The Labute approximate surface area is 126 Å². The molecule has 116 valence electrons. The molecular formula is C17H24O4. The Bertz CT molecular complexity index is 483. The molecule has 4 nitrogen and oxygen atoms in total. The molecule has 1 N–H and O–H groups in total. The highest BCUT2D eigenvalue weighted by molar-refractivity contribution is 6.03. The number of ketones is 1. The van der Waals surface area contributed by atoms with Crippen LogP contribution in [0.2, 0.25) is 0 Å². The number of hydrogen-bond donors (Lipinski definition) is 1. The SMILES string of the molecule is CC1=CCCC(C)C(C)OC(=O)C=CC(C)(O)C=CC1=O. The van der Waals surface area contributed by atoms with E-state index in [9.17, 15) is 14.7 Å². The van der Waals surface area contributed by atoms with Crippen LogP contribution in [0.25, 0.3) is 0 Å². The summed E-state index contributed by atoms with van der Waals surface area (Å²) in [4.78, 5) is 23.6. The monoisotopic (exact) mass is 292 g/mol. The lowest BCUT2D eigenvalue weighted by Gasteiger charge is -2.20. The summed E-state index contributed by atoms with van der Waals surface area (Å²) in [7, 11) is 0. The zero-order chi connectivity index (χ0) is 16.0. The third-order valence-electron chi connectivity index (χ3n) is 3.69. The molecule has 0 bridgehead atoms. The van der Waals surface area contributed by atoms with Gasteiger partial charge < -0.3 is 9.84 Å². The summed E-state index contributed by atoms with van der Waals surface area (Å²) in [5.74, 6) is -0.428.